The zero-order valence-electron chi connectivity index (χ0n) is 25.9. The molecule has 6 aromatic carbocycles. The van der Waals surface area contributed by atoms with Crippen LogP contribution in [0, 0.1) is 0 Å². The van der Waals surface area contributed by atoms with Crippen molar-refractivity contribution in [1.29, 1.82) is 0 Å². The largest absolute Gasteiger partial charge is 0.0713 e. The second kappa shape index (κ2) is 8.48. The maximum absolute atomic E-state index is 2.43. The third-order valence-electron chi connectivity index (χ3n) is 11.5. The van der Waals surface area contributed by atoms with Crippen molar-refractivity contribution < 1.29 is 0 Å². The standard InChI is InChI=1S/C44H36/c1-41(2)29-17-5-9-21-33(29)43(34-22-10-6-18-30(34)41)37-25-13-15-27-39(37)44(40-28-16-14-26-38(40)43)35-23-11-7-19-31(35)42(3,4)32-20-8-12-24-36(32)44/h5-28H,1-4H3. The molecule has 0 bridgehead atoms. The van der Waals surface area contributed by atoms with E-state index in [-0.39, 0.29) is 10.8 Å². The molecular formula is C44H36. The molecule has 0 N–H and O–H groups in total. The van der Waals surface area contributed by atoms with Crippen LogP contribution >= 0.6 is 0 Å². The molecular weight excluding hydrogens is 528 g/mol. The van der Waals surface area contributed by atoms with Crippen LogP contribution in [0.2, 0.25) is 0 Å². The Morgan fingerprint density at radius 1 is 0.227 bits per heavy atom. The Hall–Kier alpha value is -4.68. The molecule has 0 saturated carbocycles. The SMILES string of the molecule is CC1(C)c2ccccc2C2(c3ccccc31)c1ccccc1C1(c3ccccc3C(C)(C)c3ccccc31)c1ccccc12. The van der Waals surface area contributed by atoms with Gasteiger partial charge in [-0.05, 0) is 66.8 Å². The lowest BCUT2D eigenvalue weighted by Gasteiger charge is -2.57. The average Bonchev–Trinajstić information content (AvgIpc) is 3.07. The number of hydrogen-bond acceptors (Lipinski definition) is 0. The predicted molar refractivity (Wildman–Crippen MR) is 181 cm³/mol. The van der Waals surface area contributed by atoms with Crippen molar-refractivity contribution in [2.45, 2.75) is 49.4 Å². The van der Waals surface area contributed by atoms with E-state index in [9.17, 15) is 0 Å². The van der Waals surface area contributed by atoms with Crippen LogP contribution in [0.25, 0.3) is 0 Å². The zero-order chi connectivity index (χ0) is 29.9. The van der Waals surface area contributed by atoms with Gasteiger partial charge in [0.1, 0.15) is 0 Å². The summed E-state index contributed by atoms with van der Waals surface area (Å²) >= 11 is 0. The number of rotatable bonds is 0. The highest BCUT2D eigenvalue weighted by molar-refractivity contribution is 5.81. The summed E-state index contributed by atoms with van der Waals surface area (Å²) in [4.78, 5) is 0. The molecule has 0 heteroatoms. The maximum atomic E-state index is 2.43. The van der Waals surface area contributed by atoms with Crippen LogP contribution in [0.4, 0.5) is 0 Å². The summed E-state index contributed by atoms with van der Waals surface area (Å²) in [6.45, 7) is 9.59. The molecule has 2 spiro atoms. The van der Waals surface area contributed by atoms with Gasteiger partial charge >= 0.3 is 0 Å². The van der Waals surface area contributed by atoms with Crippen LogP contribution in [0.15, 0.2) is 146 Å². The molecule has 0 aliphatic heterocycles. The Kier molecular flexibility index (Phi) is 4.97. The van der Waals surface area contributed by atoms with Crippen molar-refractivity contribution in [3.05, 3.63) is 212 Å². The average molecular weight is 565 g/mol. The number of benzene rings is 6. The van der Waals surface area contributed by atoms with Crippen molar-refractivity contribution >= 4 is 0 Å². The highest BCUT2D eigenvalue weighted by Crippen LogP contribution is 2.66. The third kappa shape index (κ3) is 2.77. The quantitative estimate of drug-likeness (QED) is 0.172. The van der Waals surface area contributed by atoms with Gasteiger partial charge in [-0.25, -0.2) is 0 Å². The molecule has 0 fully saturated rings. The molecule has 0 amide bonds. The molecule has 0 radical (unpaired) electrons. The van der Waals surface area contributed by atoms with E-state index in [1.807, 2.05) is 0 Å². The minimum absolute atomic E-state index is 0.120. The first-order chi connectivity index (χ1) is 21.4. The summed E-state index contributed by atoms with van der Waals surface area (Å²) < 4.78 is 0. The third-order valence-corrected chi connectivity index (χ3v) is 11.5. The summed E-state index contributed by atoms with van der Waals surface area (Å²) in [5, 5.41) is 0. The Morgan fingerprint density at radius 2 is 0.364 bits per heavy atom. The lowest BCUT2D eigenvalue weighted by Crippen LogP contribution is -2.51. The lowest BCUT2D eigenvalue weighted by atomic mass is 9.44. The van der Waals surface area contributed by atoms with Crippen molar-refractivity contribution in [1.82, 2.24) is 0 Å². The molecule has 0 unspecified atom stereocenters. The van der Waals surface area contributed by atoms with Crippen LogP contribution < -0.4 is 0 Å². The molecule has 9 rings (SSSR count). The van der Waals surface area contributed by atoms with Crippen LogP contribution in [0.5, 0.6) is 0 Å². The van der Waals surface area contributed by atoms with E-state index in [0.717, 1.165) is 0 Å². The highest BCUT2D eigenvalue weighted by atomic mass is 14.6. The molecule has 0 aromatic heterocycles. The molecule has 0 nitrogen and oxygen atoms in total. The molecule has 6 aromatic rings. The van der Waals surface area contributed by atoms with Crippen molar-refractivity contribution in [2.24, 2.45) is 0 Å². The van der Waals surface area contributed by atoms with Crippen LogP contribution in [0.1, 0.15) is 94.5 Å². The topological polar surface area (TPSA) is 0 Å². The lowest BCUT2D eigenvalue weighted by molar-refractivity contribution is 0.511. The summed E-state index contributed by atoms with van der Waals surface area (Å²) in [6.07, 6.45) is 0. The van der Waals surface area contributed by atoms with Gasteiger partial charge in [0.2, 0.25) is 0 Å². The van der Waals surface area contributed by atoms with Gasteiger partial charge in [-0.15, -0.1) is 0 Å². The van der Waals surface area contributed by atoms with Gasteiger partial charge in [-0.3, -0.25) is 0 Å². The number of fused-ring (bicyclic) bond motifs is 14. The maximum Gasteiger partial charge on any atom is 0.0713 e. The van der Waals surface area contributed by atoms with Crippen LogP contribution in [-0.2, 0) is 21.7 Å². The molecule has 3 aliphatic rings. The second-order valence-electron chi connectivity index (χ2n) is 14.0. The summed E-state index contributed by atoms with van der Waals surface area (Å²) in [5.41, 5.74) is 15.6. The second-order valence-corrected chi connectivity index (χ2v) is 14.0. The van der Waals surface area contributed by atoms with E-state index in [2.05, 4.69) is 173 Å². The first-order valence-corrected chi connectivity index (χ1v) is 16.0. The van der Waals surface area contributed by atoms with Crippen LogP contribution in [-0.4, -0.2) is 0 Å². The van der Waals surface area contributed by atoms with Gasteiger partial charge in [-0.1, -0.05) is 173 Å². The van der Waals surface area contributed by atoms with E-state index in [1.165, 1.54) is 66.8 Å². The highest BCUT2D eigenvalue weighted by Gasteiger charge is 2.59. The zero-order valence-corrected chi connectivity index (χ0v) is 25.9. The smallest absolute Gasteiger partial charge is 0.0619 e. The Bertz CT molecular complexity index is 1830. The van der Waals surface area contributed by atoms with Crippen molar-refractivity contribution in [2.75, 3.05) is 0 Å². The van der Waals surface area contributed by atoms with Crippen molar-refractivity contribution in [3.8, 4) is 0 Å². The fourth-order valence-electron chi connectivity index (χ4n) is 9.73. The van der Waals surface area contributed by atoms with E-state index < -0.39 is 10.8 Å². The monoisotopic (exact) mass is 564 g/mol. The first kappa shape index (κ1) is 25.8. The normalized spacial score (nSPS) is 18.3. The summed E-state index contributed by atoms with van der Waals surface area (Å²) in [7, 11) is 0. The van der Waals surface area contributed by atoms with Gasteiger partial charge in [0.05, 0.1) is 10.8 Å². The number of hydrogen-bond donors (Lipinski definition) is 0. The van der Waals surface area contributed by atoms with Gasteiger partial charge in [0.25, 0.3) is 0 Å². The van der Waals surface area contributed by atoms with E-state index >= 15 is 0 Å². The molecule has 0 saturated heterocycles. The summed E-state index contributed by atoms with van der Waals surface area (Å²) in [5.74, 6) is 0. The van der Waals surface area contributed by atoms with E-state index in [1.54, 1.807) is 0 Å². The summed E-state index contributed by atoms with van der Waals surface area (Å²) in [6, 6.07) is 55.8. The Balaban J connectivity index is 1.54. The molecule has 0 atom stereocenters. The molecule has 44 heavy (non-hydrogen) atoms. The van der Waals surface area contributed by atoms with Gasteiger partial charge in [-0.2, -0.15) is 0 Å². The predicted octanol–water partition coefficient (Wildman–Crippen LogP) is 10.0. The minimum atomic E-state index is -0.446. The Labute approximate surface area is 261 Å². The Morgan fingerprint density at radius 3 is 0.545 bits per heavy atom. The fourth-order valence-corrected chi connectivity index (χ4v) is 9.73. The van der Waals surface area contributed by atoms with E-state index in [4.69, 9.17) is 0 Å². The van der Waals surface area contributed by atoms with Gasteiger partial charge < -0.3 is 0 Å². The minimum Gasteiger partial charge on any atom is -0.0619 e. The fraction of sp³-hybridized carbons (Fsp3) is 0.182. The van der Waals surface area contributed by atoms with Crippen LogP contribution in [0.3, 0.4) is 0 Å². The van der Waals surface area contributed by atoms with Gasteiger partial charge in [0, 0.05) is 10.8 Å². The first-order valence-electron chi connectivity index (χ1n) is 16.0. The van der Waals surface area contributed by atoms with Crippen molar-refractivity contribution in [3.63, 3.8) is 0 Å². The molecule has 0 heterocycles. The molecule has 212 valence electrons. The van der Waals surface area contributed by atoms with E-state index in [0.29, 0.717) is 0 Å². The van der Waals surface area contributed by atoms with Gasteiger partial charge in [0.15, 0.2) is 0 Å². The molecule has 3 aliphatic carbocycles.